The Hall–Kier alpha value is -1.51. The van der Waals surface area contributed by atoms with Gasteiger partial charge in [0.2, 0.25) is 0 Å². The van der Waals surface area contributed by atoms with E-state index in [1.807, 2.05) is 30.3 Å². The first-order valence-corrected chi connectivity index (χ1v) is 6.50. The third-order valence-electron chi connectivity index (χ3n) is 3.43. The average molecular weight is 247 g/mol. The number of amides is 1. The average Bonchev–Trinajstić information content (AvgIpc) is 2.32. The van der Waals surface area contributed by atoms with Gasteiger partial charge in [0.25, 0.3) is 0 Å². The lowest BCUT2D eigenvalue weighted by Crippen LogP contribution is -2.40. The van der Waals surface area contributed by atoms with Gasteiger partial charge in [0, 0.05) is 6.54 Å². The molecule has 0 unspecified atom stereocenters. The fraction of sp³-hybridized carbons (Fsp3) is 0.533. The van der Waals surface area contributed by atoms with Crippen LogP contribution in [0.25, 0.3) is 0 Å². The molecule has 98 valence electrons. The molecular weight excluding hydrogens is 226 g/mol. The SMILES string of the molecule is CC1(C)CC(CNC(=O)OCc2ccccc2)C1. The molecule has 1 aromatic rings. The van der Waals surface area contributed by atoms with E-state index >= 15 is 0 Å². The largest absolute Gasteiger partial charge is 0.445 e. The lowest BCUT2D eigenvalue weighted by atomic mass is 9.64. The minimum atomic E-state index is -0.316. The van der Waals surface area contributed by atoms with E-state index in [1.165, 1.54) is 12.8 Å². The number of carbonyl (C=O) groups is 1. The monoisotopic (exact) mass is 247 g/mol. The van der Waals surface area contributed by atoms with Gasteiger partial charge in [-0.1, -0.05) is 44.2 Å². The predicted octanol–water partition coefficient (Wildman–Crippen LogP) is 3.35. The second-order valence-corrected chi connectivity index (χ2v) is 5.88. The van der Waals surface area contributed by atoms with Crippen LogP contribution in [0.2, 0.25) is 0 Å². The van der Waals surface area contributed by atoms with Gasteiger partial charge in [0.1, 0.15) is 6.61 Å². The Labute approximate surface area is 109 Å². The maximum atomic E-state index is 11.5. The van der Waals surface area contributed by atoms with Crippen molar-refractivity contribution >= 4 is 6.09 Å². The molecule has 1 aliphatic carbocycles. The number of nitrogens with one attached hydrogen (secondary N) is 1. The zero-order valence-corrected chi connectivity index (χ0v) is 11.1. The molecule has 2 rings (SSSR count). The highest BCUT2D eigenvalue weighted by molar-refractivity contribution is 5.67. The fourth-order valence-corrected chi connectivity index (χ4v) is 2.65. The number of hydrogen-bond donors (Lipinski definition) is 1. The van der Waals surface area contributed by atoms with Crippen molar-refractivity contribution in [1.29, 1.82) is 0 Å². The van der Waals surface area contributed by atoms with Crippen LogP contribution in [-0.2, 0) is 11.3 Å². The topological polar surface area (TPSA) is 38.3 Å². The second kappa shape index (κ2) is 5.42. The van der Waals surface area contributed by atoms with Gasteiger partial charge < -0.3 is 10.1 Å². The highest BCUT2D eigenvalue weighted by Gasteiger charge is 2.35. The molecule has 0 atom stereocenters. The molecule has 0 aliphatic heterocycles. The number of benzene rings is 1. The van der Waals surface area contributed by atoms with Gasteiger partial charge >= 0.3 is 6.09 Å². The molecule has 3 heteroatoms. The summed E-state index contributed by atoms with van der Waals surface area (Å²) in [6.45, 7) is 5.59. The molecule has 1 saturated carbocycles. The Morgan fingerprint density at radius 1 is 1.33 bits per heavy atom. The molecule has 0 radical (unpaired) electrons. The highest BCUT2D eigenvalue weighted by Crippen LogP contribution is 2.44. The normalized spacial score (nSPS) is 17.9. The standard InChI is InChI=1S/C15H21NO2/c1-15(2)8-13(9-15)10-16-14(17)18-11-12-6-4-3-5-7-12/h3-7,13H,8-11H2,1-2H3,(H,16,17). The summed E-state index contributed by atoms with van der Waals surface area (Å²) in [6, 6.07) is 9.71. The predicted molar refractivity (Wildman–Crippen MR) is 71.1 cm³/mol. The van der Waals surface area contributed by atoms with Crippen LogP contribution >= 0.6 is 0 Å². The van der Waals surface area contributed by atoms with Gasteiger partial charge in [-0.15, -0.1) is 0 Å². The first-order valence-electron chi connectivity index (χ1n) is 6.50. The Morgan fingerprint density at radius 3 is 2.61 bits per heavy atom. The van der Waals surface area contributed by atoms with Crippen molar-refractivity contribution in [2.45, 2.75) is 33.3 Å². The Kier molecular flexibility index (Phi) is 3.90. The van der Waals surface area contributed by atoms with Crippen LogP contribution in [0.3, 0.4) is 0 Å². The van der Waals surface area contributed by atoms with E-state index in [4.69, 9.17) is 4.74 Å². The number of alkyl carbamates (subject to hydrolysis) is 1. The lowest BCUT2D eigenvalue weighted by molar-refractivity contribution is 0.0886. The van der Waals surface area contributed by atoms with E-state index in [0.717, 1.165) is 12.1 Å². The zero-order valence-electron chi connectivity index (χ0n) is 11.1. The number of ether oxygens (including phenoxy) is 1. The molecule has 1 fully saturated rings. The molecule has 3 nitrogen and oxygen atoms in total. The maximum Gasteiger partial charge on any atom is 0.407 e. The van der Waals surface area contributed by atoms with E-state index in [1.54, 1.807) is 0 Å². The van der Waals surface area contributed by atoms with Crippen molar-refractivity contribution in [2.24, 2.45) is 11.3 Å². The summed E-state index contributed by atoms with van der Waals surface area (Å²) >= 11 is 0. The van der Waals surface area contributed by atoms with Crippen LogP contribution in [0.5, 0.6) is 0 Å². The minimum absolute atomic E-state index is 0.316. The van der Waals surface area contributed by atoms with Crippen LogP contribution in [0.1, 0.15) is 32.3 Å². The Balaban J connectivity index is 1.61. The highest BCUT2D eigenvalue weighted by atomic mass is 16.5. The summed E-state index contributed by atoms with van der Waals surface area (Å²) in [7, 11) is 0. The van der Waals surface area contributed by atoms with Crippen LogP contribution in [0.4, 0.5) is 4.79 Å². The van der Waals surface area contributed by atoms with Gasteiger partial charge in [-0.05, 0) is 29.7 Å². The quantitative estimate of drug-likeness (QED) is 0.886. The summed E-state index contributed by atoms with van der Waals surface area (Å²) in [4.78, 5) is 11.5. The van der Waals surface area contributed by atoms with Crippen molar-refractivity contribution in [3.8, 4) is 0 Å². The maximum absolute atomic E-state index is 11.5. The lowest BCUT2D eigenvalue weighted by Gasteiger charge is -2.42. The van der Waals surface area contributed by atoms with Gasteiger partial charge in [-0.25, -0.2) is 4.79 Å². The number of hydrogen-bond acceptors (Lipinski definition) is 2. The fourth-order valence-electron chi connectivity index (χ4n) is 2.65. The number of rotatable bonds is 4. The summed E-state index contributed by atoms with van der Waals surface area (Å²) < 4.78 is 5.15. The van der Waals surface area contributed by atoms with Crippen LogP contribution < -0.4 is 5.32 Å². The third kappa shape index (κ3) is 3.76. The molecule has 0 bridgehead atoms. The summed E-state index contributed by atoms with van der Waals surface area (Å²) in [5, 5.41) is 2.83. The molecule has 0 saturated heterocycles. The van der Waals surface area contributed by atoms with E-state index in [2.05, 4.69) is 19.2 Å². The van der Waals surface area contributed by atoms with E-state index in [0.29, 0.717) is 17.9 Å². The molecule has 1 aromatic carbocycles. The van der Waals surface area contributed by atoms with E-state index in [-0.39, 0.29) is 6.09 Å². The van der Waals surface area contributed by atoms with Crippen molar-refractivity contribution in [3.05, 3.63) is 35.9 Å². The first kappa shape index (κ1) is 12.9. The zero-order chi connectivity index (χ0) is 13.0. The summed E-state index contributed by atoms with van der Waals surface area (Å²) in [5.74, 6) is 0.615. The molecule has 0 aromatic heterocycles. The van der Waals surface area contributed by atoms with Crippen molar-refractivity contribution in [2.75, 3.05) is 6.54 Å². The molecular formula is C15H21NO2. The smallest absolute Gasteiger partial charge is 0.407 e. The van der Waals surface area contributed by atoms with Gasteiger partial charge in [0.15, 0.2) is 0 Å². The van der Waals surface area contributed by atoms with Crippen LogP contribution in [0.15, 0.2) is 30.3 Å². The van der Waals surface area contributed by atoms with Crippen molar-refractivity contribution < 1.29 is 9.53 Å². The van der Waals surface area contributed by atoms with Gasteiger partial charge in [0.05, 0.1) is 0 Å². The minimum Gasteiger partial charge on any atom is -0.445 e. The molecule has 1 amide bonds. The Bertz CT molecular complexity index is 392. The Morgan fingerprint density at radius 2 is 2.00 bits per heavy atom. The van der Waals surface area contributed by atoms with E-state index < -0.39 is 0 Å². The first-order chi connectivity index (χ1) is 8.55. The summed E-state index contributed by atoms with van der Waals surface area (Å²) in [6.07, 6.45) is 2.06. The van der Waals surface area contributed by atoms with Gasteiger partial charge in [-0.3, -0.25) is 0 Å². The molecule has 18 heavy (non-hydrogen) atoms. The molecule has 1 N–H and O–H groups in total. The molecule has 0 spiro atoms. The second-order valence-electron chi connectivity index (χ2n) is 5.88. The van der Waals surface area contributed by atoms with E-state index in [9.17, 15) is 4.79 Å². The van der Waals surface area contributed by atoms with Crippen molar-refractivity contribution in [1.82, 2.24) is 5.32 Å². The summed E-state index contributed by atoms with van der Waals surface area (Å²) in [5.41, 5.74) is 1.47. The number of carbonyl (C=O) groups excluding carboxylic acids is 1. The van der Waals surface area contributed by atoms with Crippen LogP contribution in [-0.4, -0.2) is 12.6 Å². The molecule has 0 heterocycles. The van der Waals surface area contributed by atoms with Crippen molar-refractivity contribution in [3.63, 3.8) is 0 Å². The van der Waals surface area contributed by atoms with Gasteiger partial charge in [-0.2, -0.15) is 0 Å². The third-order valence-corrected chi connectivity index (χ3v) is 3.43. The van der Waals surface area contributed by atoms with Crippen LogP contribution in [0, 0.1) is 11.3 Å². The molecule has 1 aliphatic rings.